The minimum atomic E-state index is -5.45. The molecule has 0 radical (unpaired) electrons. The molecule has 1 N–H and O–H groups in total. The van der Waals surface area contributed by atoms with Crippen molar-refractivity contribution < 1.29 is 35.8 Å². The summed E-state index contributed by atoms with van der Waals surface area (Å²) in [4.78, 5) is 1.39. The molecule has 1 atom stereocenters. The number of rotatable bonds is 8. The maximum atomic E-state index is 13.1. The molecule has 42 heavy (non-hydrogen) atoms. The van der Waals surface area contributed by atoms with Crippen molar-refractivity contribution in [2.75, 3.05) is 26.3 Å². The molecule has 0 spiro atoms. The molecule has 0 aromatic heterocycles. The van der Waals surface area contributed by atoms with Gasteiger partial charge in [0.15, 0.2) is 0 Å². The summed E-state index contributed by atoms with van der Waals surface area (Å²) in [6.07, 6.45) is 3.42. The van der Waals surface area contributed by atoms with Crippen LogP contribution in [-0.4, -0.2) is 56.3 Å². The Balaban J connectivity index is 0.00000405. The summed E-state index contributed by atoms with van der Waals surface area (Å²) in [5, 5.41) is 10.1. The number of nitrogens with zero attached hydrogens (tertiary/aromatic N) is 1. The van der Waals surface area contributed by atoms with Gasteiger partial charge in [-0.05, 0) is 102 Å². The Morgan fingerprint density at radius 1 is 0.952 bits per heavy atom. The third kappa shape index (κ3) is 6.65. The predicted octanol–water partition coefficient (Wildman–Crippen LogP) is 7.43. The predicted molar refractivity (Wildman–Crippen MR) is 156 cm³/mol. The fourth-order valence-corrected chi connectivity index (χ4v) is 6.40. The van der Waals surface area contributed by atoms with E-state index in [1.165, 1.54) is 12.1 Å². The molecule has 5 rings (SSSR count). The van der Waals surface area contributed by atoms with Crippen molar-refractivity contribution >= 4 is 21.0 Å². The fraction of sp³-hybridized carbons (Fsp3) is 0.375. The molecular weight excluding hydrogens is 570 g/mol. The van der Waals surface area contributed by atoms with Gasteiger partial charge in [-0.1, -0.05) is 37.8 Å². The minimum absolute atomic E-state index is 0. The van der Waals surface area contributed by atoms with Crippen LogP contribution in [0.2, 0.25) is 0 Å². The first-order valence-electron chi connectivity index (χ1n) is 13.6. The van der Waals surface area contributed by atoms with Crippen LogP contribution in [0.4, 0.5) is 17.6 Å². The van der Waals surface area contributed by atoms with E-state index in [4.69, 9.17) is 4.74 Å². The number of halogens is 4. The van der Waals surface area contributed by atoms with Crippen molar-refractivity contribution in [2.24, 2.45) is 0 Å². The van der Waals surface area contributed by atoms with E-state index >= 15 is 0 Å². The summed E-state index contributed by atoms with van der Waals surface area (Å²) in [6.45, 7) is 1.99. The zero-order chi connectivity index (χ0) is 29.2. The quantitative estimate of drug-likeness (QED) is 0.271. The smallest absolute Gasteiger partial charge is 0.501 e. The number of phenols is 1. The van der Waals surface area contributed by atoms with Gasteiger partial charge in [0.1, 0.15) is 17.6 Å². The molecule has 10 heteroatoms. The van der Waals surface area contributed by atoms with Gasteiger partial charge < -0.3 is 9.84 Å². The molecule has 1 aliphatic carbocycles. The minimum Gasteiger partial charge on any atom is -0.508 e. The van der Waals surface area contributed by atoms with Crippen LogP contribution in [0.5, 0.6) is 11.5 Å². The van der Waals surface area contributed by atoms with Crippen LogP contribution >= 0.6 is 0 Å². The molecule has 5 nitrogen and oxygen atoms in total. The second-order valence-electron chi connectivity index (χ2n) is 10.4. The number of hydrogen-bond acceptors (Lipinski definition) is 5. The monoisotopic (exact) mass is 605 g/mol. The average molecular weight is 606 g/mol. The van der Waals surface area contributed by atoms with Crippen molar-refractivity contribution in [3.8, 4) is 11.5 Å². The van der Waals surface area contributed by atoms with E-state index < -0.39 is 20.2 Å². The first kappa shape index (κ1) is 31.6. The molecule has 1 saturated heterocycles. The number of hydrogen-bond donors (Lipinski definition) is 1. The molecule has 1 heterocycles. The summed E-state index contributed by atoms with van der Waals surface area (Å²) in [5.74, 6) is 0.851. The van der Waals surface area contributed by atoms with E-state index in [0.29, 0.717) is 37.1 Å². The van der Waals surface area contributed by atoms with Crippen LogP contribution in [0.15, 0.2) is 71.6 Å². The lowest BCUT2D eigenvalue weighted by Crippen LogP contribution is -2.26. The van der Waals surface area contributed by atoms with Crippen molar-refractivity contribution in [2.45, 2.75) is 56.0 Å². The molecule has 0 saturated carbocycles. The zero-order valence-electron chi connectivity index (χ0n) is 22.3. The van der Waals surface area contributed by atoms with E-state index in [2.05, 4.69) is 4.90 Å². The van der Waals surface area contributed by atoms with Crippen molar-refractivity contribution in [3.63, 3.8) is 0 Å². The van der Waals surface area contributed by atoms with Crippen molar-refractivity contribution in [1.29, 1.82) is 0 Å². The Labute approximate surface area is 244 Å². The topological polar surface area (TPSA) is 66.8 Å². The molecule has 226 valence electrons. The van der Waals surface area contributed by atoms with Gasteiger partial charge in [-0.3, -0.25) is 9.29 Å². The van der Waals surface area contributed by atoms with Crippen LogP contribution in [0.1, 0.15) is 55.4 Å². The van der Waals surface area contributed by atoms with Gasteiger partial charge in [0, 0.05) is 19.6 Å². The number of alkyl halides is 4. The van der Waals surface area contributed by atoms with Crippen LogP contribution in [0, 0.1) is 0 Å². The van der Waals surface area contributed by atoms with E-state index in [-0.39, 0.29) is 26.0 Å². The summed E-state index contributed by atoms with van der Waals surface area (Å²) in [7, 11) is -5.45. The zero-order valence-corrected chi connectivity index (χ0v) is 23.1. The van der Waals surface area contributed by atoms with Gasteiger partial charge in [0.25, 0.3) is 9.84 Å². The Kier molecular flexibility index (Phi) is 9.67. The van der Waals surface area contributed by atoms with Gasteiger partial charge in [-0.15, -0.1) is 0 Å². The SMILES string of the molecule is C.O=S(=O)(c1ccc(C2=C(c3ccc(O[C@H]4CCN(CCCF)C4)cc3)c3ccc(O)cc3CCC2)cc1)C(F)(F)F. The van der Waals surface area contributed by atoms with E-state index in [0.717, 1.165) is 65.9 Å². The Morgan fingerprint density at radius 2 is 1.64 bits per heavy atom. The number of ether oxygens (including phenoxy) is 1. The van der Waals surface area contributed by atoms with Gasteiger partial charge in [-0.25, -0.2) is 8.42 Å². The standard InChI is InChI=1S/C31H31F4NO4S.CH4/c32-16-2-17-36-18-15-26(20-36)40-25-10-5-22(6-11-25)30-28(4-1-3-23-19-24(37)9-14-29(23)30)21-7-12-27(13-8-21)41(38,39)31(33,34)35;/h5-14,19,26,37H,1-4,15-18,20H2;1H4/t26-;/m0./s1. The highest BCUT2D eigenvalue weighted by molar-refractivity contribution is 7.92. The average Bonchev–Trinajstić information content (AvgIpc) is 3.30. The van der Waals surface area contributed by atoms with Crippen LogP contribution < -0.4 is 4.74 Å². The maximum Gasteiger partial charge on any atom is 0.501 e. The first-order valence-corrected chi connectivity index (χ1v) is 15.1. The largest absolute Gasteiger partial charge is 0.508 e. The summed E-state index contributed by atoms with van der Waals surface area (Å²) in [5.41, 5.74) is -0.295. The van der Waals surface area contributed by atoms with Crippen LogP contribution in [0.3, 0.4) is 0 Å². The van der Waals surface area contributed by atoms with Gasteiger partial charge in [0.05, 0.1) is 11.6 Å². The first-order chi connectivity index (χ1) is 19.6. The highest BCUT2D eigenvalue weighted by atomic mass is 32.2. The number of fused-ring (bicyclic) bond motifs is 1. The lowest BCUT2D eigenvalue weighted by Gasteiger charge is -2.19. The molecule has 2 aliphatic rings. The number of likely N-dealkylation sites (tertiary alicyclic amines) is 1. The highest BCUT2D eigenvalue weighted by Gasteiger charge is 2.46. The van der Waals surface area contributed by atoms with Crippen molar-refractivity contribution in [3.05, 3.63) is 89.0 Å². The third-order valence-electron chi connectivity index (χ3n) is 7.63. The van der Waals surface area contributed by atoms with E-state index in [9.17, 15) is 31.1 Å². The van der Waals surface area contributed by atoms with Crippen LogP contribution in [-0.2, 0) is 16.3 Å². The Morgan fingerprint density at radius 3 is 2.31 bits per heavy atom. The fourth-order valence-electron chi connectivity index (χ4n) is 5.63. The molecule has 0 amide bonds. The Hall–Kier alpha value is -3.37. The lowest BCUT2D eigenvalue weighted by molar-refractivity contribution is -0.0436. The molecule has 3 aromatic rings. The second kappa shape index (κ2) is 12.9. The summed E-state index contributed by atoms with van der Waals surface area (Å²) in [6, 6.07) is 17.6. The Bertz CT molecular complexity index is 1520. The van der Waals surface area contributed by atoms with E-state index in [1.54, 1.807) is 12.1 Å². The number of aryl methyl sites for hydroxylation is 1. The van der Waals surface area contributed by atoms with Crippen LogP contribution in [0.25, 0.3) is 11.1 Å². The normalized spacial score (nSPS) is 17.9. The number of sulfone groups is 1. The molecule has 0 bridgehead atoms. The number of aromatic hydroxyl groups is 1. The van der Waals surface area contributed by atoms with Gasteiger partial charge in [0.2, 0.25) is 0 Å². The number of allylic oxidation sites excluding steroid dienone is 1. The lowest BCUT2D eigenvalue weighted by atomic mass is 9.88. The van der Waals surface area contributed by atoms with E-state index in [1.807, 2.05) is 30.3 Å². The molecule has 0 unspecified atom stereocenters. The molecule has 3 aromatic carbocycles. The van der Waals surface area contributed by atoms with Gasteiger partial charge in [-0.2, -0.15) is 13.2 Å². The number of benzene rings is 3. The summed E-state index contributed by atoms with van der Waals surface area (Å²) < 4.78 is 81.8. The molecular formula is C32H35F4NO4S. The molecule has 1 fully saturated rings. The number of phenolic OH excluding ortho intramolecular Hbond substituents is 1. The second-order valence-corrected chi connectivity index (χ2v) is 12.4. The maximum absolute atomic E-state index is 13.1. The van der Waals surface area contributed by atoms with Crippen molar-refractivity contribution in [1.82, 2.24) is 4.90 Å². The van der Waals surface area contributed by atoms with Gasteiger partial charge >= 0.3 is 5.51 Å². The summed E-state index contributed by atoms with van der Waals surface area (Å²) >= 11 is 0. The third-order valence-corrected chi connectivity index (χ3v) is 9.14. The highest BCUT2D eigenvalue weighted by Crippen LogP contribution is 2.41. The molecule has 1 aliphatic heterocycles.